The molecule has 1 N–H and O–H groups in total. The van der Waals surface area contributed by atoms with Gasteiger partial charge in [0.1, 0.15) is 0 Å². The molecule has 0 amide bonds. The third-order valence-electron chi connectivity index (χ3n) is 2.65. The lowest BCUT2D eigenvalue weighted by atomic mass is 10.1. The van der Waals surface area contributed by atoms with Gasteiger partial charge in [-0.2, -0.15) is 0 Å². The molecule has 1 aromatic rings. The molecular weight excluding hydrogens is 238 g/mol. The van der Waals surface area contributed by atoms with Crippen molar-refractivity contribution in [3.63, 3.8) is 0 Å². The molecule has 1 aliphatic rings. The molecular formula is C12H17NOS2. The van der Waals surface area contributed by atoms with Crippen molar-refractivity contribution in [2.45, 2.75) is 16.6 Å². The van der Waals surface area contributed by atoms with E-state index in [1.54, 1.807) is 6.26 Å². The van der Waals surface area contributed by atoms with Gasteiger partial charge in [0.25, 0.3) is 0 Å². The summed E-state index contributed by atoms with van der Waals surface area (Å²) < 4.78 is 10.9. The van der Waals surface area contributed by atoms with Gasteiger partial charge in [-0.15, -0.1) is 11.8 Å². The van der Waals surface area contributed by atoms with E-state index in [4.69, 9.17) is 0 Å². The fourth-order valence-corrected chi connectivity index (χ4v) is 3.56. The fourth-order valence-electron chi connectivity index (χ4n) is 1.85. The Labute approximate surface area is 104 Å². The molecule has 1 aromatic carbocycles. The maximum absolute atomic E-state index is 10.9. The molecule has 0 bridgehead atoms. The Morgan fingerprint density at radius 3 is 3.06 bits per heavy atom. The summed E-state index contributed by atoms with van der Waals surface area (Å²) in [5.74, 6) is 0.754. The van der Waals surface area contributed by atoms with Crippen molar-refractivity contribution in [1.29, 1.82) is 0 Å². The molecule has 1 heterocycles. The summed E-state index contributed by atoms with van der Waals surface area (Å²) in [6.07, 6.45) is 2.91. The largest absolute Gasteiger partial charge is 0.315 e. The SMILES string of the molecule is CS(=O)CCNCC1Cc2ccccc2S1. The molecule has 2 atom stereocenters. The Bertz CT molecular complexity index is 356. The lowest BCUT2D eigenvalue weighted by Crippen LogP contribution is -2.27. The number of hydrogen-bond donors (Lipinski definition) is 1. The first-order valence-corrected chi connectivity index (χ1v) is 8.11. The van der Waals surface area contributed by atoms with E-state index in [0.29, 0.717) is 5.25 Å². The van der Waals surface area contributed by atoms with Gasteiger partial charge in [-0.1, -0.05) is 18.2 Å². The maximum Gasteiger partial charge on any atom is 0.0357 e. The molecule has 0 saturated carbocycles. The first kappa shape index (κ1) is 12.1. The summed E-state index contributed by atoms with van der Waals surface area (Å²) in [6.45, 7) is 1.87. The third-order valence-corrected chi connectivity index (χ3v) is 4.75. The van der Waals surface area contributed by atoms with Gasteiger partial charge in [-0.05, 0) is 18.1 Å². The van der Waals surface area contributed by atoms with Gasteiger partial charge in [0, 0.05) is 46.0 Å². The summed E-state index contributed by atoms with van der Waals surface area (Å²) >= 11 is 1.96. The van der Waals surface area contributed by atoms with Crippen LogP contribution in [0, 0.1) is 0 Å². The van der Waals surface area contributed by atoms with Crippen LogP contribution in [0.3, 0.4) is 0 Å². The predicted molar refractivity (Wildman–Crippen MR) is 71.6 cm³/mol. The molecule has 16 heavy (non-hydrogen) atoms. The van der Waals surface area contributed by atoms with Gasteiger partial charge in [0.15, 0.2) is 0 Å². The van der Waals surface area contributed by atoms with Crippen molar-refractivity contribution in [1.82, 2.24) is 5.32 Å². The second-order valence-corrected chi connectivity index (χ2v) is 6.93. The lowest BCUT2D eigenvalue weighted by Gasteiger charge is -2.09. The van der Waals surface area contributed by atoms with Gasteiger partial charge in [0.05, 0.1) is 0 Å². The van der Waals surface area contributed by atoms with E-state index in [1.807, 2.05) is 11.8 Å². The van der Waals surface area contributed by atoms with Gasteiger partial charge in [-0.3, -0.25) is 4.21 Å². The number of nitrogens with one attached hydrogen (secondary N) is 1. The molecule has 2 unspecified atom stereocenters. The second kappa shape index (κ2) is 5.84. The molecule has 0 aliphatic carbocycles. The van der Waals surface area contributed by atoms with Gasteiger partial charge < -0.3 is 5.32 Å². The van der Waals surface area contributed by atoms with Crippen LogP contribution in [0.25, 0.3) is 0 Å². The highest BCUT2D eigenvalue weighted by Gasteiger charge is 2.20. The van der Waals surface area contributed by atoms with E-state index >= 15 is 0 Å². The van der Waals surface area contributed by atoms with Crippen LogP contribution in [0.4, 0.5) is 0 Å². The standard InChI is InChI=1S/C12H17NOS2/c1-16(14)7-6-13-9-11-8-10-4-2-3-5-12(10)15-11/h2-5,11,13H,6-9H2,1H3. The van der Waals surface area contributed by atoms with E-state index in [1.165, 1.54) is 10.5 Å². The predicted octanol–water partition coefficient (Wildman–Crippen LogP) is 1.67. The lowest BCUT2D eigenvalue weighted by molar-refractivity contribution is 0.669. The van der Waals surface area contributed by atoms with Crippen LogP contribution < -0.4 is 5.32 Å². The quantitative estimate of drug-likeness (QED) is 0.812. The molecule has 0 fully saturated rings. The zero-order valence-electron chi connectivity index (χ0n) is 9.44. The minimum absolute atomic E-state index is 0.641. The minimum Gasteiger partial charge on any atom is -0.315 e. The highest BCUT2D eigenvalue weighted by molar-refractivity contribution is 8.00. The molecule has 0 aromatic heterocycles. The number of thioether (sulfide) groups is 1. The highest BCUT2D eigenvalue weighted by atomic mass is 32.2. The number of fused-ring (bicyclic) bond motifs is 1. The third kappa shape index (κ3) is 3.34. The second-order valence-electron chi connectivity index (χ2n) is 4.03. The zero-order chi connectivity index (χ0) is 11.4. The topological polar surface area (TPSA) is 29.1 Å². The van der Waals surface area contributed by atoms with E-state index in [0.717, 1.165) is 25.3 Å². The molecule has 2 nitrogen and oxygen atoms in total. The Hall–Kier alpha value is -0.320. The number of hydrogen-bond acceptors (Lipinski definition) is 3. The van der Waals surface area contributed by atoms with Crippen LogP contribution in [0.2, 0.25) is 0 Å². The van der Waals surface area contributed by atoms with E-state index < -0.39 is 10.8 Å². The average molecular weight is 255 g/mol. The maximum atomic E-state index is 10.9. The Morgan fingerprint density at radius 2 is 2.31 bits per heavy atom. The van der Waals surface area contributed by atoms with Gasteiger partial charge in [-0.25, -0.2) is 0 Å². The van der Waals surface area contributed by atoms with E-state index in [2.05, 4.69) is 29.6 Å². The summed E-state index contributed by atoms with van der Waals surface area (Å²) in [4.78, 5) is 1.42. The van der Waals surface area contributed by atoms with Crippen molar-refractivity contribution >= 4 is 22.6 Å². The molecule has 2 rings (SSSR count). The van der Waals surface area contributed by atoms with Crippen LogP contribution in [0.5, 0.6) is 0 Å². The molecule has 0 radical (unpaired) electrons. The summed E-state index contributed by atoms with van der Waals surface area (Å²) in [5, 5.41) is 4.02. The molecule has 0 spiro atoms. The summed E-state index contributed by atoms with van der Waals surface area (Å²) in [7, 11) is -0.678. The van der Waals surface area contributed by atoms with Gasteiger partial charge >= 0.3 is 0 Å². The Kier molecular flexibility index (Phi) is 4.44. The molecule has 1 aliphatic heterocycles. The van der Waals surface area contributed by atoms with Crippen LogP contribution >= 0.6 is 11.8 Å². The number of benzene rings is 1. The molecule has 0 saturated heterocycles. The first-order valence-electron chi connectivity index (χ1n) is 5.51. The van der Waals surface area contributed by atoms with Crippen LogP contribution in [-0.2, 0) is 17.2 Å². The normalized spacial score (nSPS) is 20.7. The van der Waals surface area contributed by atoms with Crippen LogP contribution in [0.1, 0.15) is 5.56 Å². The monoisotopic (exact) mass is 255 g/mol. The fraction of sp³-hybridized carbons (Fsp3) is 0.500. The van der Waals surface area contributed by atoms with Crippen molar-refractivity contribution < 1.29 is 4.21 Å². The van der Waals surface area contributed by atoms with Crippen molar-refractivity contribution in [2.75, 3.05) is 25.1 Å². The van der Waals surface area contributed by atoms with Crippen LogP contribution in [-0.4, -0.2) is 34.6 Å². The summed E-state index contributed by atoms with van der Waals surface area (Å²) in [5.41, 5.74) is 1.47. The smallest absolute Gasteiger partial charge is 0.0357 e. The summed E-state index contributed by atoms with van der Waals surface area (Å²) in [6, 6.07) is 8.61. The van der Waals surface area contributed by atoms with E-state index in [9.17, 15) is 4.21 Å². The first-order chi connectivity index (χ1) is 7.75. The minimum atomic E-state index is -0.678. The molecule has 88 valence electrons. The van der Waals surface area contributed by atoms with Crippen molar-refractivity contribution in [3.05, 3.63) is 29.8 Å². The zero-order valence-corrected chi connectivity index (χ0v) is 11.1. The average Bonchev–Trinajstić information content (AvgIpc) is 2.66. The van der Waals surface area contributed by atoms with E-state index in [-0.39, 0.29) is 0 Å². The molecule has 4 heteroatoms. The highest BCUT2D eigenvalue weighted by Crippen LogP contribution is 2.36. The van der Waals surface area contributed by atoms with Gasteiger partial charge in [0.2, 0.25) is 0 Å². The van der Waals surface area contributed by atoms with Crippen LogP contribution in [0.15, 0.2) is 29.2 Å². The van der Waals surface area contributed by atoms with Crippen molar-refractivity contribution in [3.8, 4) is 0 Å². The Morgan fingerprint density at radius 1 is 1.50 bits per heavy atom. The van der Waals surface area contributed by atoms with Crippen molar-refractivity contribution in [2.24, 2.45) is 0 Å². The number of rotatable bonds is 5. The Balaban J connectivity index is 1.73.